The largest absolute Gasteiger partial charge is 0.478 e. The van der Waals surface area contributed by atoms with Crippen molar-refractivity contribution < 1.29 is 29.4 Å². The van der Waals surface area contributed by atoms with Crippen molar-refractivity contribution in [3.05, 3.63) is 48.6 Å². The smallest absolute Gasteiger partial charge is 0.328 e. The van der Waals surface area contributed by atoms with Gasteiger partial charge in [0.25, 0.3) is 0 Å². The molecule has 0 aliphatic heterocycles. The molecule has 0 heterocycles. The first kappa shape index (κ1) is 16.6. The van der Waals surface area contributed by atoms with Crippen LogP contribution in [-0.4, -0.2) is 34.0 Å². The molecular formula is C14H12N2O6. The second kappa shape index (κ2) is 8.00. The van der Waals surface area contributed by atoms with E-state index in [1.807, 2.05) is 0 Å². The molecule has 114 valence electrons. The first-order valence-electron chi connectivity index (χ1n) is 5.91. The fourth-order valence-electron chi connectivity index (χ4n) is 1.30. The van der Waals surface area contributed by atoms with E-state index in [4.69, 9.17) is 10.2 Å². The van der Waals surface area contributed by atoms with E-state index in [2.05, 4.69) is 10.6 Å². The average molecular weight is 304 g/mol. The Bertz CT molecular complexity index is 589. The molecule has 0 saturated carbocycles. The van der Waals surface area contributed by atoms with Crippen molar-refractivity contribution in [2.75, 3.05) is 10.6 Å². The lowest BCUT2D eigenvalue weighted by Crippen LogP contribution is -2.10. The summed E-state index contributed by atoms with van der Waals surface area (Å²) < 4.78 is 0. The third-order valence-electron chi connectivity index (χ3n) is 2.17. The first-order chi connectivity index (χ1) is 10.4. The lowest BCUT2D eigenvalue weighted by molar-refractivity contribution is -0.132. The molecule has 0 spiro atoms. The molecule has 1 aromatic carbocycles. The molecule has 1 aromatic rings. The second-order valence-electron chi connectivity index (χ2n) is 3.90. The van der Waals surface area contributed by atoms with Gasteiger partial charge in [-0.3, -0.25) is 9.59 Å². The van der Waals surface area contributed by atoms with Gasteiger partial charge in [-0.05, 0) is 24.3 Å². The van der Waals surface area contributed by atoms with Gasteiger partial charge < -0.3 is 20.8 Å². The fourth-order valence-corrected chi connectivity index (χ4v) is 1.30. The molecule has 8 nitrogen and oxygen atoms in total. The summed E-state index contributed by atoms with van der Waals surface area (Å²) in [6.45, 7) is 0. The molecule has 0 radical (unpaired) electrons. The summed E-state index contributed by atoms with van der Waals surface area (Å²) in [6.07, 6.45) is 3.15. The molecule has 0 bridgehead atoms. The van der Waals surface area contributed by atoms with Crippen LogP contribution in [0.1, 0.15) is 0 Å². The summed E-state index contributed by atoms with van der Waals surface area (Å²) in [6, 6.07) is 5.96. The van der Waals surface area contributed by atoms with Crippen molar-refractivity contribution in [3.8, 4) is 0 Å². The Kier molecular flexibility index (Phi) is 6.05. The van der Waals surface area contributed by atoms with Crippen molar-refractivity contribution in [2.24, 2.45) is 0 Å². The number of benzene rings is 1. The Morgan fingerprint density at radius 3 is 1.27 bits per heavy atom. The quantitative estimate of drug-likeness (QED) is 0.576. The standard InChI is InChI=1S/C14H12N2O6/c17-11(5-7-13(19)20)15-9-1-2-10(4-3-9)16-12(18)6-8-14(21)22/h1-8H,(H,15,17)(H,16,18)(H,19,20)(H,21,22)/b7-5+,8-6+. The summed E-state index contributed by atoms with van der Waals surface area (Å²) in [5.74, 6) is -3.68. The molecule has 0 atom stereocenters. The summed E-state index contributed by atoms with van der Waals surface area (Å²) in [5, 5.41) is 21.6. The third kappa shape index (κ3) is 6.66. The number of hydrogen-bond donors (Lipinski definition) is 4. The molecule has 2 amide bonds. The first-order valence-corrected chi connectivity index (χ1v) is 5.91. The van der Waals surface area contributed by atoms with E-state index in [0.717, 1.165) is 12.2 Å². The van der Waals surface area contributed by atoms with E-state index < -0.39 is 23.8 Å². The Morgan fingerprint density at radius 1 is 0.682 bits per heavy atom. The number of carbonyl (C=O) groups is 4. The predicted octanol–water partition coefficient (Wildman–Crippen LogP) is 0.845. The van der Waals surface area contributed by atoms with Crippen molar-refractivity contribution in [2.45, 2.75) is 0 Å². The lowest BCUT2D eigenvalue weighted by atomic mass is 10.2. The van der Waals surface area contributed by atoms with E-state index in [-0.39, 0.29) is 0 Å². The third-order valence-corrected chi connectivity index (χ3v) is 2.17. The van der Waals surface area contributed by atoms with Gasteiger partial charge in [0.1, 0.15) is 0 Å². The Balaban J connectivity index is 2.59. The van der Waals surface area contributed by atoms with Crippen LogP contribution in [0.3, 0.4) is 0 Å². The van der Waals surface area contributed by atoms with Crippen LogP contribution in [0.25, 0.3) is 0 Å². The molecular weight excluding hydrogens is 292 g/mol. The number of amides is 2. The van der Waals surface area contributed by atoms with Gasteiger partial charge in [0.05, 0.1) is 0 Å². The summed E-state index contributed by atoms with van der Waals surface area (Å²) >= 11 is 0. The number of anilines is 2. The molecule has 22 heavy (non-hydrogen) atoms. The van der Waals surface area contributed by atoms with Crippen molar-refractivity contribution in [1.82, 2.24) is 0 Å². The van der Waals surface area contributed by atoms with E-state index >= 15 is 0 Å². The average Bonchev–Trinajstić information content (AvgIpc) is 2.45. The highest BCUT2D eigenvalue weighted by atomic mass is 16.4. The predicted molar refractivity (Wildman–Crippen MR) is 77.3 cm³/mol. The van der Waals surface area contributed by atoms with Gasteiger partial charge in [-0.15, -0.1) is 0 Å². The zero-order valence-electron chi connectivity index (χ0n) is 11.1. The molecule has 0 aromatic heterocycles. The van der Waals surface area contributed by atoms with Gasteiger partial charge in [-0.1, -0.05) is 0 Å². The van der Waals surface area contributed by atoms with Crippen LogP contribution in [0.2, 0.25) is 0 Å². The number of aliphatic carboxylic acids is 2. The Hall–Kier alpha value is -3.42. The minimum atomic E-state index is -1.23. The summed E-state index contributed by atoms with van der Waals surface area (Å²) in [5.41, 5.74) is 0.804. The highest BCUT2D eigenvalue weighted by Gasteiger charge is 2.01. The number of carbonyl (C=O) groups excluding carboxylic acids is 2. The van der Waals surface area contributed by atoms with Gasteiger partial charge in [0.2, 0.25) is 11.8 Å². The van der Waals surface area contributed by atoms with Crippen LogP contribution in [0.5, 0.6) is 0 Å². The minimum Gasteiger partial charge on any atom is -0.478 e. The van der Waals surface area contributed by atoms with Crippen LogP contribution in [0.15, 0.2) is 48.6 Å². The number of rotatable bonds is 6. The van der Waals surface area contributed by atoms with Crippen LogP contribution in [0.4, 0.5) is 11.4 Å². The van der Waals surface area contributed by atoms with Crippen molar-refractivity contribution in [1.29, 1.82) is 0 Å². The highest BCUT2D eigenvalue weighted by molar-refractivity contribution is 6.03. The number of hydrogen-bond acceptors (Lipinski definition) is 4. The number of nitrogens with one attached hydrogen (secondary N) is 2. The maximum Gasteiger partial charge on any atom is 0.328 e. The monoisotopic (exact) mass is 304 g/mol. The topological polar surface area (TPSA) is 133 Å². The summed E-state index contributed by atoms with van der Waals surface area (Å²) in [7, 11) is 0. The van der Waals surface area contributed by atoms with E-state index in [0.29, 0.717) is 23.5 Å². The number of carboxylic acids is 2. The SMILES string of the molecule is O=C(O)/C=C/C(=O)Nc1ccc(NC(=O)/C=C/C(=O)O)cc1. The lowest BCUT2D eigenvalue weighted by Gasteiger charge is -2.05. The van der Waals surface area contributed by atoms with Gasteiger partial charge in [0, 0.05) is 35.7 Å². The summed E-state index contributed by atoms with van der Waals surface area (Å²) in [4.78, 5) is 43.2. The van der Waals surface area contributed by atoms with Gasteiger partial charge in [-0.25, -0.2) is 9.59 Å². The molecule has 0 unspecified atom stereocenters. The molecule has 8 heteroatoms. The normalized spacial score (nSPS) is 10.5. The van der Waals surface area contributed by atoms with Crippen LogP contribution >= 0.6 is 0 Å². The van der Waals surface area contributed by atoms with Crippen LogP contribution in [0, 0.1) is 0 Å². The Morgan fingerprint density at radius 2 is 1.00 bits per heavy atom. The fraction of sp³-hybridized carbons (Fsp3) is 0. The van der Waals surface area contributed by atoms with Crippen LogP contribution < -0.4 is 10.6 Å². The van der Waals surface area contributed by atoms with Crippen molar-refractivity contribution in [3.63, 3.8) is 0 Å². The second-order valence-corrected chi connectivity index (χ2v) is 3.90. The maximum atomic E-state index is 11.3. The molecule has 4 N–H and O–H groups in total. The van der Waals surface area contributed by atoms with E-state index in [1.54, 1.807) is 0 Å². The zero-order valence-corrected chi connectivity index (χ0v) is 11.1. The maximum absolute atomic E-state index is 11.3. The minimum absolute atomic E-state index is 0.402. The zero-order chi connectivity index (χ0) is 16.5. The molecule has 0 aliphatic rings. The molecule has 0 fully saturated rings. The van der Waals surface area contributed by atoms with E-state index in [9.17, 15) is 19.2 Å². The molecule has 0 aliphatic carbocycles. The van der Waals surface area contributed by atoms with E-state index in [1.165, 1.54) is 24.3 Å². The molecule has 0 saturated heterocycles. The van der Waals surface area contributed by atoms with Crippen molar-refractivity contribution >= 4 is 35.1 Å². The highest BCUT2D eigenvalue weighted by Crippen LogP contribution is 2.13. The number of carboxylic acid groups (broad SMARTS) is 2. The molecule has 1 rings (SSSR count). The van der Waals surface area contributed by atoms with Gasteiger partial charge >= 0.3 is 11.9 Å². The van der Waals surface area contributed by atoms with Gasteiger partial charge in [-0.2, -0.15) is 0 Å². The van der Waals surface area contributed by atoms with Crippen LogP contribution in [-0.2, 0) is 19.2 Å². The van der Waals surface area contributed by atoms with Gasteiger partial charge in [0.15, 0.2) is 0 Å². The Labute approximate surface area is 124 Å².